The van der Waals surface area contributed by atoms with E-state index in [9.17, 15) is 13.2 Å². The molecule has 0 unspecified atom stereocenters. The third kappa shape index (κ3) is 3.85. The lowest BCUT2D eigenvalue weighted by molar-refractivity contribution is -0.0915. The summed E-state index contributed by atoms with van der Waals surface area (Å²) >= 11 is 0. The average molecular weight is 178 g/mol. The topological polar surface area (TPSA) is 20.2 Å². The molecule has 0 amide bonds. The lowest BCUT2D eigenvalue weighted by Gasteiger charge is -2.05. The Hall–Kier alpha value is -1.19. The van der Waals surface area contributed by atoms with E-state index in [4.69, 9.17) is 5.11 Å². The van der Waals surface area contributed by atoms with E-state index in [-0.39, 0.29) is 0 Å². The van der Waals surface area contributed by atoms with Gasteiger partial charge in [0.1, 0.15) is 5.76 Å². The highest BCUT2D eigenvalue weighted by Crippen LogP contribution is 2.25. The van der Waals surface area contributed by atoms with Crippen LogP contribution in [0.5, 0.6) is 0 Å². The molecule has 0 bridgehead atoms. The highest BCUT2D eigenvalue weighted by atomic mass is 19.4. The molecule has 0 aliphatic carbocycles. The van der Waals surface area contributed by atoms with Crippen LogP contribution in [0.2, 0.25) is 0 Å². The summed E-state index contributed by atoms with van der Waals surface area (Å²) in [4.78, 5) is 0. The van der Waals surface area contributed by atoms with Gasteiger partial charge in [0.05, 0.1) is 0 Å². The predicted octanol–water partition coefficient (Wildman–Crippen LogP) is 3.12. The molecule has 0 aliphatic heterocycles. The maximum Gasteiger partial charge on any atom is 0.412 e. The number of alkyl halides is 3. The molecule has 0 radical (unpaired) electrons. The quantitative estimate of drug-likeness (QED) is 0.508. The smallest absolute Gasteiger partial charge is 0.412 e. The van der Waals surface area contributed by atoms with E-state index in [1.807, 2.05) is 0 Å². The molecule has 0 saturated heterocycles. The summed E-state index contributed by atoms with van der Waals surface area (Å²) in [7, 11) is 0. The van der Waals surface area contributed by atoms with Crippen LogP contribution < -0.4 is 0 Å². The number of halogens is 3. The third-order valence-electron chi connectivity index (χ3n) is 1.10. The molecule has 12 heavy (non-hydrogen) atoms. The second-order valence-corrected chi connectivity index (χ2v) is 2.15. The van der Waals surface area contributed by atoms with Gasteiger partial charge < -0.3 is 5.11 Å². The van der Waals surface area contributed by atoms with Gasteiger partial charge in [-0.05, 0) is 19.1 Å². The molecule has 0 fully saturated rings. The van der Waals surface area contributed by atoms with Gasteiger partial charge in [0.15, 0.2) is 0 Å². The predicted molar refractivity (Wildman–Crippen MR) is 40.7 cm³/mol. The maximum absolute atomic E-state index is 11.8. The number of aliphatic hydroxyl groups is 1. The first-order chi connectivity index (χ1) is 5.38. The van der Waals surface area contributed by atoms with E-state index < -0.39 is 17.5 Å². The van der Waals surface area contributed by atoms with Gasteiger partial charge >= 0.3 is 6.18 Å². The minimum Gasteiger partial charge on any atom is -0.508 e. The Morgan fingerprint density at radius 2 is 1.92 bits per heavy atom. The van der Waals surface area contributed by atoms with Crippen LogP contribution in [0.15, 0.2) is 36.1 Å². The van der Waals surface area contributed by atoms with E-state index in [2.05, 4.69) is 6.58 Å². The van der Waals surface area contributed by atoms with Crippen molar-refractivity contribution in [2.24, 2.45) is 0 Å². The van der Waals surface area contributed by atoms with Gasteiger partial charge in [0.25, 0.3) is 0 Å². The average Bonchev–Trinajstić information content (AvgIpc) is 1.85. The van der Waals surface area contributed by atoms with Crippen molar-refractivity contribution in [3.05, 3.63) is 36.1 Å². The first kappa shape index (κ1) is 10.8. The molecule has 0 aromatic rings. The van der Waals surface area contributed by atoms with E-state index >= 15 is 0 Å². The van der Waals surface area contributed by atoms with Gasteiger partial charge in [-0.25, -0.2) is 0 Å². The molecule has 0 aromatic heterocycles. The Labute approximate surface area is 68.5 Å². The summed E-state index contributed by atoms with van der Waals surface area (Å²) in [6.07, 6.45) is -1.46. The number of aliphatic hydroxyl groups excluding tert-OH is 1. The Morgan fingerprint density at radius 3 is 2.25 bits per heavy atom. The molecule has 0 heterocycles. The maximum atomic E-state index is 11.8. The second kappa shape index (κ2) is 3.99. The number of hydrogen-bond acceptors (Lipinski definition) is 1. The molecule has 0 atom stereocenters. The highest BCUT2D eigenvalue weighted by molar-refractivity contribution is 5.22. The normalized spacial score (nSPS) is 14.7. The van der Waals surface area contributed by atoms with Crippen LogP contribution in [0.3, 0.4) is 0 Å². The standard InChI is InChI=1S/C8H9F3O/c1-3-4-7(12)5-6(2)8(9,10)11/h3-5,12H,1H2,2H3/b6-5+,7-4+. The number of hydrogen-bond donors (Lipinski definition) is 1. The van der Waals surface area contributed by atoms with Gasteiger partial charge in [-0.1, -0.05) is 12.7 Å². The summed E-state index contributed by atoms with van der Waals surface area (Å²) in [6, 6.07) is 0. The van der Waals surface area contributed by atoms with Gasteiger partial charge in [0.2, 0.25) is 0 Å². The van der Waals surface area contributed by atoms with Crippen molar-refractivity contribution < 1.29 is 18.3 Å². The van der Waals surface area contributed by atoms with Gasteiger partial charge in [0, 0.05) is 5.57 Å². The lowest BCUT2D eigenvalue weighted by atomic mass is 10.2. The molecule has 0 rings (SSSR count). The van der Waals surface area contributed by atoms with Crippen molar-refractivity contribution >= 4 is 0 Å². The fourth-order valence-corrected chi connectivity index (χ4v) is 0.473. The zero-order valence-electron chi connectivity index (χ0n) is 6.52. The highest BCUT2D eigenvalue weighted by Gasteiger charge is 2.29. The summed E-state index contributed by atoms with van der Waals surface area (Å²) in [5.41, 5.74) is -0.849. The summed E-state index contributed by atoms with van der Waals surface area (Å²) in [6.45, 7) is 4.11. The number of allylic oxidation sites excluding steroid dienone is 4. The first-order valence-corrected chi connectivity index (χ1v) is 3.15. The van der Waals surface area contributed by atoms with Crippen LogP contribution in [0.25, 0.3) is 0 Å². The molecule has 1 nitrogen and oxygen atoms in total. The van der Waals surface area contributed by atoms with Gasteiger partial charge in [-0.3, -0.25) is 0 Å². The van der Waals surface area contributed by atoms with E-state index in [1.165, 1.54) is 6.08 Å². The molecule has 68 valence electrons. The van der Waals surface area contributed by atoms with Gasteiger partial charge in [-0.15, -0.1) is 0 Å². The minimum absolute atomic E-state index is 0.458. The van der Waals surface area contributed by atoms with Crippen molar-refractivity contribution in [3.63, 3.8) is 0 Å². The van der Waals surface area contributed by atoms with E-state index in [0.29, 0.717) is 6.08 Å². The third-order valence-corrected chi connectivity index (χ3v) is 1.10. The lowest BCUT2D eigenvalue weighted by Crippen LogP contribution is -2.08. The second-order valence-electron chi connectivity index (χ2n) is 2.15. The van der Waals surface area contributed by atoms with Crippen molar-refractivity contribution in [1.82, 2.24) is 0 Å². The molecule has 1 N–H and O–H groups in total. The molecular formula is C8H9F3O. The zero-order valence-corrected chi connectivity index (χ0v) is 6.52. The van der Waals surface area contributed by atoms with Crippen LogP contribution in [0.4, 0.5) is 13.2 Å². The summed E-state index contributed by atoms with van der Waals surface area (Å²) < 4.78 is 35.5. The molecule has 0 saturated carbocycles. The SMILES string of the molecule is C=C/C=C(O)\C=C(/C)C(F)(F)F. The van der Waals surface area contributed by atoms with Gasteiger partial charge in [-0.2, -0.15) is 13.2 Å². The Morgan fingerprint density at radius 1 is 1.42 bits per heavy atom. The zero-order chi connectivity index (χ0) is 9.78. The van der Waals surface area contributed by atoms with Crippen LogP contribution in [-0.2, 0) is 0 Å². The van der Waals surface area contributed by atoms with Crippen LogP contribution in [-0.4, -0.2) is 11.3 Å². The molecule has 0 aromatic carbocycles. The van der Waals surface area contributed by atoms with E-state index in [1.54, 1.807) is 0 Å². The molecule has 0 spiro atoms. The van der Waals surface area contributed by atoms with Crippen LogP contribution >= 0.6 is 0 Å². The molecule has 0 aliphatic rings. The summed E-state index contributed by atoms with van der Waals surface area (Å²) in [5.74, 6) is -0.458. The number of rotatable bonds is 2. The Bertz CT molecular complexity index is 223. The monoisotopic (exact) mass is 178 g/mol. The van der Waals surface area contributed by atoms with Crippen LogP contribution in [0.1, 0.15) is 6.92 Å². The summed E-state index contributed by atoms with van der Waals surface area (Å²) in [5, 5.41) is 8.80. The minimum atomic E-state index is -4.39. The largest absolute Gasteiger partial charge is 0.508 e. The van der Waals surface area contributed by atoms with Crippen molar-refractivity contribution in [3.8, 4) is 0 Å². The van der Waals surface area contributed by atoms with Crippen molar-refractivity contribution in [1.29, 1.82) is 0 Å². The van der Waals surface area contributed by atoms with Crippen molar-refractivity contribution in [2.45, 2.75) is 13.1 Å². The first-order valence-electron chi connectivity index (χ1n) is 3.15. The fourth-order valence-electron chi connectivity index (χ4n) is 0.473. The Kier molecular flexibility index (Phi) is 3.60. The molecular weight excluding hydrogens is 169 g/mol. The van der Waals surface area contributed by atoms with Crippen LogP contribution in [0, 0.1) is 0 Å². The molecule has 4 heteroatoms. The van der Waals surface area contributed by atoms with E-state index in [0.717, 1.165) is 13.0 Å². The Balaban J connectivity index is 4.57. The van der Waals surface area contributed by atoms with Crippen molar-refractivity contribution in [2.75, 3.05) is 0 Å². The fraction of sp³-hybridized carbons (Fsp3) is 0.250.